The number of aliphatic hydroxyl groups is 1. The molecule has 18 heavy (non-hydrogen) atoms. The third kappa shape index (κ3) is 3.90. The molecule has 0 saturated carbocycles. The third-order valence-electron chi connectivity index (χ3n) is 2.78. The molecule has 94 valence electrons. The topological polar surface area (TPSA) is 29.5 Å². The van der Waals surface area contributed by atoms with E-state index in [1.807, 2.05) is 42.5 Å². The minimum absolute atomic E-state index is 0.317. The van der Waals surface area contributed by atoms with Crippen molar-refractivity contribution in [2.24, 2.45) is 0 Å². The summed E-state index contributed by atoms with van der Waals surface area (Å²) in [5.41, 5.74) is 2.36. The van der Waals surface area contributed by atoms with Gasteiger partial charge in [0.1, 0.15) is 12.4 Å². The van der Waals surface area contributed by atoms with Crippen LogP contribution in [0.25, 0.3) is 0 Å². The minimum Gasteiger partial charge on any atom is -0.491 e. The number of ether oxygens (including phenoxy) is 1. The van der Waals surface area contributed by atoms with E-state index in [1.54, 1.807) is 0 Å². The van der Waals surface area contributed by atoms with Gasteiger partial charge in [-0.05, 0) is 24.6 Å². The standard InChI is InChI=1S/C16H18O2/c1-13-7-9-14(10-8-13)11-15(17)12-18-16-5-3-2-4-6-16/h2-10,15,17H,11-12H2,1H3. The molecular formula is C16H18O2. The highest BCUT2D eigenvalue weighted by Crippen LogP contribution is 2.10. The third-order valence-corrected chi connectivity index (χ3v) is 2.78. The van der Waals surface area contributed by atoms with Crippen molar-refractivity contribution >= 4 is 0 Å². The van der Waals surface area contributed by atoms with Crippen molar-refractivity contribution in [3.8, 4) is 5.75 Å². The van der Waals surface area contributed by atoms with Crippen LogP contribution in [0.1, 0.15) is 11.1 Å². The average molecular weight is 242 g/mol. The van der Waals surface area contributed by atoms with E-state index in [0.29, 0.717) is 13.0 Å². The number of aryl methyl sites for hydroxylation is 1. The minimum atomic E-state index is -0.479. The molecule has 0 aromatic heterocycles. The Morgan fingerprint density at radius 1 is 1.00 bits per heavy atom. The van der Waals surface area contributed by atoms with E-state index in [-0.39, 0.29) is 0 Å². The van der Waals surface area contributed by atoms with Gasteiger partial charge in [-0.3, -0.25) is 0 Å². The maximum Gasteiger partial charge on any atom is 0.119 e. The Morgan fingerprint density at radius 2 is 1.67 bits per heavy atom. The number of hydrogen-bond acceptors (Lipinski definition) is 2. The Labute approximate surface area is 108 Å². The molecule has 0 fully saturated rings. The zero-order valence-corrected chi connectivity index (χ0v) is 10.5. The van der Waals surface area contributed by atoms with Gasteiger partial charge in [0.25, 0.3) is 0 Å². The molecule has 2 aromatic rings. The number of rotatable bonds is 5. The summed E-state index contributed by atoms with van der Waals surface area (Å²) >= 11 is 0. The largest absolute Gasteiger partial charge is 0.491 e. The maximum atomic E-state index is 9.91. The van der Waals surface area contributed by atoms with Crippen LogP contribution in [-0.2, 0) is 6.42 Å². The van der Waals surface area contributed by atoms with E-state index >= 15 is 0 Å². The highest BCUT2D eigenvalue weighted by atomic mass is 16.5. The Kier molecular flexibility index (Phi) is 4.37. The molecule has 2 aromatic carbocycles. The lowest BCUT2D eigenvalue weighted by Gasteiger charge is -2.12. The molecule has 0 saturated heterocycles. The highest BCUT2D eigenvalue weighted by Gasteiger charge is 2.06. The molecule has 0 radical (unpaired) electrons. The van der Waals surface area contributed by atoms with Crippen molar-refractivity contribution in [3.63, 3.8) is 0 Å². The molecule has 0 spiro atoms. The maximum absolute atomic E-state index is 9.91. The lowest BCUT2D eigenvalue weighted by molar-refractivity contribution is 0.108. The van der Waals surface area contributed by atoms with E-state index in [9.17, 15) is 5.11 Å². The van der Waals surface area contributed by atoms with Gasteiger partial charge in [0.2, 0.25) is 0 Å². The molecule has 1 N–H and O–H groups in total. The van der Waals surface area contributed by atoms with Crippen LogP contribution in [0.15, 0.2) is 54.6 Å². The van der Waals surface area contributed by atoms with Crippen molar-refractivity contribution in [3.05, 3.63) is 65.7 Å². The average Bonchev–Trinajstić information content (AvgIpc) is 2.40. The molecule has 1 atom stereocenters. The normalized spacial score (nSPS) is 12.1. The van der Waals surface area contributed by atoms with Crippen LogP contribution in [0.4, 0.5) is 0 Å². The van der Waals surface area contributed by atoms with Crippen LogP contribution in [0.3, 0.4) is 0 Å². The fourth-order valence-electron chi connectivity index (χ4n) is 1.76. The lowest BCUT2D eigenvalue weighted by atomic mass is 10.1. The van der Waals surface area contributed by atoms with Gasteiger partial charge >= 0.3 is 0 Å². The first-order chi connectivity index (χ1) is 8.74. The van der Waals surface area contributed by atoms with Crippen molar-refractivity contribution < 1.29 is 9.84 Å². The lowest BCUT2D eigenvalue weighted by Crippen LogP contribution is -2.20. The number of hydrogen-bond donors (Lipinski definition) is 1. The van der Waals surface area contributed by atoms with Crippen LogP contribution in [-0.4, -0.2) is 17.8 Å². The van der Waals surface area contributed by atoms with E-state index < -0.39 is 6.10 Å². The monoisotopic (exact) mass is 242 g/mol. The molecule has 0 aliphatic rings. The first-order valence-corrected chi connectivity index (χ1v) is 6.15. The van der Waals surface area contributed by atoms with Gasteiger partial charge in [0, 0.05) is 6.42 Å². The molecule has 0 heterocycles. The van der Waals surface area contributed by atoms with E-state index in [0.717, 1.165) is 11.3 Å². The second-order valence-electron chi connectivity index (χ2n) is 4.47. The molecule has 2 rings (SSSR count). The summed E-state index contributed by atoms with van der Waals surface area (Å²) in [6.07, 6.45) is 0.139. The summed E-state index contributed by atoms with van der Waals surface area (Å²) < 4.78 is 5.51. The van der Waals surface area contributed by atoms with Crippen LogP contribution < -0.4 is 4.74 Å². The molecule has 0 aliphatic heterocycles. The van der Waals surface area contributed by atoms with E-state index in [4.69, 9.17) is 4.74 Å². The zero-order valence-electron chi connectivity index (χ0n) is 10.5. The summed E-state index contributed by atoms with van der Waals surface area (Å²) in [6, 6.07) is 17.7. The van der Waals surface area contributed by atoms with Gasteiger partial charge in [-0.15, -0.1) is 0 Å². The molecule has 2 nitrogen and oxygen atoms in total. The molecule has 0 bridgehead atoms. The van der Waals surface area contributed by atoms with Gasteiger partial charge in [-0.25, -0.2) is 0 Å². The Balaban J connectivity index is 1.82. The Morgan fingerprint density at radius 3 is 2.33 bits per heavy atom. The predicted octanol–water partition coefficient (Wildman–Crippen LogP) is 2.98. The van der Waals surface area contributed by atoms with Crippen LogP contribution in [0.2, 0.25) is 0 Å². The van der Waals surface area contributed by atoms with Crippen molar-refractivity contribution in [1.82, 2.24) is 0 Å². The second kappa shape index (κ2) is 6.22. The summed E-state index contributed by atoms with van der Waals surface area (Å²) in [4.78, 5) is 0. The number of benzene rings is 2. The smallest absolute Gasteiger partial charge is 0.119 e. The van der Waals surface area contributed by atoms with Crippen LogP contribution >= 0.6 is 0 Å². The molecular weight excluding hydrogens is 224 g/mol. The van der Waals surface area contributed by atoms with Crippen molar-refractivity contribution in [2.75, 3.05) is 6.61 Å². The van der Waals surface area contributed by atoms with Gasteiger partial charge in [-0.2, -0.15) is 0 Å². The van der Waals surface area contributed by atoms with E-state index in [1.165, 1.54) is 5.56 Å². The van der Waals surface area contributed by atoms with Crippen LogP contribution in [0, 0.1) is 6.92 Å². The van der Waals surface area contributed by atoms with Crippen molar-refractivity contribution in [1.29, 1.82) is 0 Å². The summed E-state index contributed by atoms with van der Waals surface area (Å²) in [6.45, 7) is 2.37. The SMILES string of the molecule is Cc1ccc(CC(O)COc2ccccc2)cc1. The van der Waals surface area contributed by atoms with Crippen molar-refractivity contribution in [2.45, 2.75) is 19.4 Å². The molecule has 1 unspecified atom stereocenters. The quantitative estimate of drug-likeness (QED) is 0.873. The number of para-hydroxylation sites is 1. The van der Waals surface area contributed by atoms with Gasteiger partial charge in [0.05, 0.1) is 6.10 Å². The summed E-state index contributed by atoms with van der Waals surface area (Å²) in [5, 5.41) is 9.91. The van der Waals surface area contributed by atoms with Gasteiger partial charge in [0.15, 0.2) is 0 Å². The Hall–Kier alpha value is -1.80. The van der Waals surface area contributed by atoms with Crippen LogP contribution in [0.5, 0.6) is 5.75 Å². The second-order valence-corrected chi connectivity index (χ2v) is 4.47. The zero-order chi connectivity index (χ0) is 12.8. The predicted molar refractivity (Wildman–Crippen MR) is 72.8 cm³/mol. The van der Waals surface area contributed by atoms with Gasteiger partial charge < -0.3 is 9.84 Å². The fourth-order valence-corrected chi connectivity index (χ4v) is 1.76. The first-order valence-electron chi connectivity index (χ1n) is 6.15. The summed E-state index contributed by atoms with van der Waals surface area (Å²) in [7, 11) is 0. The highest BCUT2D eigenvalue weighted by molar-refractivity contribution is 5.22. The first kappa shape index (κ1) is 12.7. The molecule has 0 aliphatic carbocycles. The number of aliphatic hydroxyl groups excluding tert-OH is 1. The summed E-state index contributed by atoms with van der Waals surface area (Å²) in [5.74, 6) is 0.792. The van der Waals surface area contributed by atoms with Gasteiger partial charge in [-0.1, -0.05) is 48.0 Å². The fraction of sp³-hybridized carbons (Fsp3) is 0.250. The molecule has 0 amide bonds. The van der Waals surface area contributed by atoms with E-state index in [2.05, 4.69) is 19.1 Å². The molecule has 2 heteroatoms. The Bertz CT molecular complexity index is 462.